The lowest BCUT2D eigenvalue weighted by molar-refractivity contribution is -0.123. The lowest BCUT2D eigenvalue weighted by Gasteiger charge is -2.27. The molecular weight excluding hydrogens is 460 g/mol. The number of hydrogen-bond acceptors (Lipinski definition) is 3. The minimum atomic E-state index is -0.494. The molecule has 4 N–H and O–H groups in total. The van der Waals surface area contributed by atoms with Crippen molar-refractivity contribution in [2.24, 2.45) is 22.6 Å². The van der Waals surface area contributed by atoms with Crippen LogP contribution in [0.5, 0.6) is 5.75 Å². The Kier molecular flexibility index (Phi) is 10.3. The molecule has 2 rings (SSSR count). The number of amides is 2. The van der Waals surface area contributed by atoms with Crippen molar-refractivity contribution < 1.29 is 14.3 Å². The normalized spacial score (nSPS) is 16.1. The summed E-state index contributed by atoms with van der Waals surface area (Å²) in [6.45, 7) is 4.70. The first-order chi connectivity index (χ1) is 14.8. The lowest BCUT2D eigenvalue weighted by Crippen LogP contribution is -2.51. The number of nitrogens with one attached hydrogen (secondary N) is 2. The number of guanidine groups is 1. The lowest BCUT2D eigenvalue weighted by atomic mass is 9.84. The van der Waals surface area contributed by atoms with Crippen molar-refractivity contribution in [3.05, 3.63) is 28.2 Å². The van der Waals surface area contributed by atoms with Gasteiger partial charge in [0.25, 0.3) is 5.91 Å². The van der Waals surface area contributed by atoms with E-state index in [1.807, 2.05) is 6.07 Å². The maximum Gasteiger partial charge on any atom is 0.253 e. The first-order valence-electron chi connectivity index (χ1n) is 11.0. The zero-order valence-electron chi connectivity index (χ0n) is 18.7. The second kappa shape index (κ2) is 12.7. The Morgan fingerprint density at radius 3 is 2.58 bits per heavy atom. The van der Waals surface area contributed by atoms with Gasteiger partial charge in [0.15, 0.2) is 5.96 Å². The molecule has 0 bridgehead atoms. The van der Waals surface area contributed by atoms with E-state index in [2.05, 4.69) is 45.4 Å². The van der Waals surface area contributed by atoms with Crippen LogP contribution in [0.4, 0.5) is 0 Å². The first kappa shape index (κ1) is 25.2. The van der Waals surface area contributed by atoms with Gasteiger partial charge in [-0.15, -0.1) is 0 Å². The summed E-state index contributed by atoms with van der Waals surface area (Å²) in [5, 5.41) is 5.97. The topological polar surface area (TPSA) is 106 Å². The second-order valence-corrected chi connectivity index (χ2v) is 9.45. The Morgan fingerprint density at radius 2 is 1.97 bits per heavy atom. The van der Waals surface area contributed by atoms with Crippen LogP contribution in [0.1, 0.15) is 57.9 Å². The van der Waals surface area contributed by atoms with Gasteiger partial charge in [-0.2, -0.15) is 4.99 Å². The molecule has 0 spiro atoms. The molecule has 0 aromatic heterocycles. The number of methoxy groups -OCH3 is 1. The standard InChI is InChI=1S/C23H35BrN4O3/c1-15(2)14-26-22(30)20(11-16-7-5-4-6-8-16)27-23(25)28-21(29)12-17-9-10-18(31-3)13-19(17)24/h9-10,13,15-16,20H,4-8,11-12,14H2,1-3H3,(H,26,30)(H3,25,27,28,29). The van der Waals surface area contributed by atoms with Crippen LogP contribution in [0.3, 0.4) is 0 Å². The minimum absolute atomic E-state index is 0.0184. The number of halogens is 1. The summed E-state index contributed by atoms with van der Waals surface area (Å²) in [5.74, 6) is 1.04. The summed E-state index contributed by atoms with van der Waals surface area (Å²) in [7, 11) is 1.59. The molecule has 0 saturated heterocycles. The molecular formula is C23H35BrN4O3. The molecule has 1 saturated carbocycles. The van der Waals surface area contributed by atoms with Gasteiger partial charge in [0.2, 0.25) is 5.91 Å². The highest BCUT2D eigenvalue weighted by atomic mass is 79.9. The molecule has 1 unspecified atom stereocenters. The summed E-state index contributed by atoms with van der Waals surface area (Å²) in [5.41, 5.74) is 6.81. The summed E-state index contributed by atoms with van der Waals surface area (Å²) < 4.78 is 5.94. The van der Waals surface area contributed by atoms with Gasteiger partial charge < -0.3 is 21.1 Å². The Morgan fingerprint density at radius 1 is 1.26 bits per heavy atom. The van der Waals surface area contributed by atoms with Crippen LogP contribution in [-0.2, 0) is 16.0 Å². The molecule has 1 fully saturated rings. The quantitative estimate of drug-likeness (QED) is 0.359. The molecule has 2 amide bonds. The minimum Gasteiger partial charge on any atom is -0.497 e. The molecule has 0 aliphatic heterocycles. The van der Waals surface area contributed by atoms with Gasteiger partial charge in [0.05, 0.1) is 13.5 Å². The first-order valence-corrected chi connectivity index (χ1v) is 11.8. The second-order valence-electron chi connectivity index (χ2n) is 8.60. The number of carbonyl (C=O) groups excluding carboxylic acids is 2. The van der Waals surface area contributed by atoms with E-state index in [9.17, 15) is 9.59 Å². The Hall–Kier alpha value is -2.09. The molecule has 1 aliphatic rings. The zero-order chi connectivity index (χ0) is 22.8. The average molecular weight is 495 g/mol. The van der Waals surface area contributed by atoms with E-state index >= 15 is 0 Å². The van der Waals surface area contributed by atoms with E-state index < -0.39 is 6.04 Å². The monoisotopic (exact) mass is 494 g/mol. The van der Waals surface area contributed by atoms with Gasteiger partial charge in [0.1, 0.15) is 11.8 Å². The number of nitrogens with two attached hydrogens (primary N) is 1. The largest absolute Gasteiger partial charge is 0.497 e. The third kappa shape index (κ3) is 8.89. The van der Waals surface area contributed by atoms with Gasteiger partial charge in [-0.1, -0.05) is 67.9 Å². The fourth-order valence-electron chi connectivity index (χ4n) is 3.76. The van der Waals surface area contributed by atoms with E-state index in [1.165, 1.54) is 19.3 Å². The van der Waals surface area contributed by atoms with Crippen molar-refractivity contribution >= 4 is 33.7 Å². The predicted molar refractivity (Wildman–Crippen MR) is 127 cm³/mol. The van der Waals surface area contributed by atoms with Crippen LogP contribution < -0.4 is 21.1 Å². The van der Waals surface area contributed by atoms with Crippen molar-refractivity contribution in [2.45, 2.75) is 64.8 Å². The molecule has 0 radical (unpaired) electrons. The van der Waals surface area contributed by atoms with E-state index in [-0.39, 0.29) is 24.2 Å². The number of aliphatic imine (C=N–C) groups is 1. The van der Waals surface area contributed by atoms with Crippen LogP contribution in [0.15, 0.2) is 27.7 Å². The Bertz CT molecular complexity index is 776. The fraction of sp³-hybridized carbons (Fsp3) is 0.609. The van der Waals surface area contributed by atoms with Crippen molar-refractivity contribution in [3.63, 3.8) is 0 Å². The summed E-state index contributed by atoms with van der Waals surface area (Å²) in [4.78, 5) is 29.2. The number of benzene rings is 1. The van der Waals surface area contributed by atoms with Gasteiger partial charge >= 0.3 is 0 Å². The van der Waals surface area contributed by atoms with Crippen LogP contribution >= 0.6 is 15.9 Å². The number of rotatable bonds is 9. The fourth-order valence-corrected chi connectivity index (χ4v) is 4.26. The molecule has 1 aromatic carbocycles. The van der Waals surface area contributed by atoms with Crippen LogP contribution in [0.25, 0.3) is 0 Å². The highest BCUT2D eigenvalue weighted by molar-refractivity contribution is 9.10. The van der Waals surface area contributed by atoms with Crippen molar-refractivity contribution in [1.29, 1.82) is 0 Å². The molecule has 1 aliphatic carbocycles. The highest BCUT2D eigenvalue weighted by Crippen LogP contribution is 2.27. The van der Waals surface area contributed by atoms with E-state index in [1.54, 1.807) is 19.2 Å². The van der Waals surface area contributed by atoms with Crippen molar-refractivity contribution in [1.82, 2.24) is 10.6 Å². The summed E-state index contributed by atoms with van der Waals surface area (Å²) in [6.07, 6.45) is 6.69. The SMILES string of the molecule is COc1ccc(CC(=O)N=C(N)NC(CC2CCCCC2)C(=O)NCC(C)C)c(Br)c1. The maximum absolute atomic E-state index is 12.8. The number of hydrogen-bond donors (Lipinski definition) is 3. The van der Waals surface area contributed by atoms with Crippen molar-refractivity contribution in [2.75, 3.05) is 13.7 Å². The third-order valence-electron chi connectivity index (χ3n) is 5.46. The number of nitrogens with zero attached hydrogens (tertiary/aromatic N) is 1. The summed E-state index contributed by atoms with van der Waals surface area (Å²) in [6, 6.07) is 4.90. The van der Waals surface area contributed by atoms with Crippen LogP contribution in [-0.4, -0.2) is 37.5 Å². The van der Waals surface area contributed by atoms with Gasteiger partial charge in [-0.25, -0.2) is 0 Å². The van der Waals surface area contributed by atoms with E-state index in [0.29, 0.717) is 30.6 Å². The molecule has 1 aromatic rings. The zero-order valence-corrected chi connectivity index (χ0v) is 20.3. The summed E-state index contributed by atoms with van der Waals surface area (Å²) >= 11 is 3.45. The molecule has 0 heterocycles. The molecule has 7 nitrogen and oxygen atoms in total. The molecule has 31 heavy (non-hydrogen) atoms. The van der Waals surface area contributed by atoms with Crippen LogP contribution in [0, 0.1) is 11.8 Å². The van der Waals surface area contributed by atoms with Gasteiger partial charge in [-0.3, -0.25) is 9.59 Å². The molecule has 1 atom stereocenters. The van der Waals surface area contributed by atoms with Crippen LogP contribution in [0.2, 0.25) is 0 Å². The highest BCUT2D eigenvalue weighted by Gasteiger charge is 2.25. The predicted octanol–water partition coefficient (Wildman–Crippen LogP) is 3.54. The molecule has 172 valence electrons. The number of carbonyl (C=O) groups is 2. The van der Waals surface area contributed by atoms with Crippen molar-refractivity contribution in [3.8, 4) is 5.75 Å². The smallest absolute Gasteiger partial charge is 0.253 e. The van der Waals surface area contributed by atoms with E-state index in [4.69, 9.17) is 10.5 Å². The Balaban J connectivity index is 2.02. The average Bonchev–Trinajstić information content (AvgIpc) is 2.73. The number of ether oxygens (including phenoxy) is 1. The van der Waals surface area contributed by atoms with Gasteiger partial charge in [-0.05, 0) is 36.0 Å². The van der Waals surface area contributed by atoms with E-state index in [0.717, 1.165) is 22.9 Å². The third-order valence-corrected chi connectivity index (χ3v) is 6.20. The Labute approximate surface area is 193 Å². The van der Waals surface area contributed by atoms with Gasteiger partial charge in [0, 0.05) is 11.0 Å². The molecule has 8 heteroatoms. The maximum atomic E-state index is 12.8.